The van der Waals surface area contributed by atoms with E-state index in [2.05, 4.69) is 48.4 Å². The molecular weight excluding hydrogens is 543 g/mol. The van der Waals surface area contributed by atoms with E-state index in [1.807, 2.05) is 12.3 Å². The van der Waals surface area contributed by atoms with Gasteiger partial charge in [-0.05, 0) is 60.5 Å². The molecule has 0 bridgehead atoms. The number of aromatic amines is 2. The third kappa shape index (κ3) is 5.70. The molecule has 0 spiro atoms. The molecule has 208 valence electrons. The number of hydrogen-bond donors (Lipinski definition) is 3. The lowest BCUT2D eigenvalue weighted by Crippen LogP contribution is -2.11. The van der Waals surface area contributed by atoms with E-state index in [0.29, 0.717) is 45.0 Å². The number of aryl methyl sites for hydroxylation is 1. The molecule has 0 fully saturated rings. The number of nitrogens with zero attached hydrogens (tertiary/aromatic N) is 5. The smallest absolute Gasteiger partial charge is 0.181 e. The number of rotatable bonds is 9. The molecule has 0 radical (unpaired) electrons. The van der Waals surface area contributed by atoms with Crippen molar-refractivity contribution in [3.63, 3.8) is 0 Å². The zero-order valence-electron chi connectivity index (χ0n) is 22.4. The average molecular weight is 571 g/mol. The molecule has 0 atom stereocenters. The molecule has 0 aliphatic carbocycles. The molecule has 0 amide bonds. The number of halogens is 1. The molecule has 0 aliphatic rings. The third-order valence-corrected chi connectivity index (χ3v) is 7.69. The number of aromatic nitrogens is 7. The van der Waals surface area contributed by atoms with Gasteiger partial charge in [-0.2, -0.15) is 5.10 Å². The average Bonchev–Trinajstić information content (AvgIpc) is 3.58. The van der Waals surface area contributed by atoms with Crippen molar-refractivity contribution in [2.75, 3.05) is 18.6 Å². The van der Waals surface area contributed by atoms with Crippen LogP contribution in [0.4, 0.5) is 4.39 Å². The van der Waals surface area contributed by atoms with Gasteiger partial charge in [-0.25, -0.2) is 22.8 Å². The first-order valence-corrected chi connectivity index (χ1v) is 15.2. The van der Waals surface area contributed by atoms with Gasteiger partial charge < -0.3 is 10.3 Å². The molecule has 0 unspecified atom stereocenters. The van der Waals surface area contributed by atoms with E-state index in [0.717, 1.165) is 41.4 Å². The van der Waals surface area contributed by atoms with E-state index < -0.39 is 15.7 Å². The van der Waals surface area contributed by atoms with E-state index >= 15 is 0 Å². The molecule has 41 heavy (non-hydrogen) atoms. The predicted octanol–water partition coefficient (Wildman–Crippen LogP) is 4.46. The Kier molecular flexibility index (Phi) is 7.01. The molecule has 5 aromatic heterocycles. The molecule has 0 saturated carbocycles. The highest BCUT2D eigenvalue weighted by atomic mass is 32.2. The predicted molar refractivity (Wildman–Crippen MR) is 156 cm³/mol. The minimum Gasteiger partial charge on any atom is -0.337 e. The molecular formula is C29H27FN8O2S. The Balaban J connectivity index is 1.39. The second kappa shape index (κ2) is 10.8. The van der Waals surface area contributed by atoms with Gasteiger partial charge in [0.15, 0.2) is 11.5 Å². The van der Waals surface area contributed by atoms with Crippen molar-refractivity contribution in [1.82, 2.24) is 40.4 Å². The van der Waals surface area contributed by atoms with Crippen LogP contribution >= 0.6 is 0 Å². The molecule has 6 aromatic rings. The lowest BCUT2D eigenvalue weighted by Gasteiger charge is -2.06. The van der Waals surface area contributed by atoms with Crippen molar-refractivity contribution in [2.45, 2.75) is 19.9 Å². The number of sulfone groups is 1. The summed E-state index contributed by atoms with van der Waals surface area (Å²) >= 11 is 0. The van der Waals surface area contributed by atoms with Gasteiger partial charge in [0.05, 0.1) is 22.3 Å². The van der Waals surface area contributed by atoms with Gasteiger partial charge in [0.1, 0.15) is 26.9 Å². The summed E-state index contributed by atoms with van der Waals surface area (Å²) in [5, 5.41) is 11.5. The maximum absolute atomic E-state index is 14.6. The number of nitrogens with one attached hydrogen (secondary N) is 3. The van der Waals surface area contributed by atoms with E-state index in [9.17, 15) is 12.8 Å². The lowest BCUT2D eigenvalue weighted by molar-refractivity contribution is 0.600. The van der Waals surface area contributed by atoms with Crippen LogP contribution in [0.15, 0.2) is 61.2 Å². The fourth-order valence-corrected chi connectivity index (χ4v) is 5.36. The summed E-state index contributed by atoms with van der Waals surface area (Å²) in [5.74, 6) is -0.00917. The topological polar surface area (TPSA) is 142 Å². The summed E-state index contributed by atoms with van der Waals surface area (Å²) in [6, 6.07) is 10.4. The molecule has 0 saturated heterocycles. The van der Waals surface area contributed by atoms with Crippen LogP contribution in [0.3, 0.4) is 0 Å². The number of pyridine rings is 3. The van der Waals surface area contributed by atoms with Gasteiger partial charge in [0.2, 0.25) is 0 Å². The highest BCUT2D eigenvalue weighted by Crippen LogP contribution is 2.32. The number of fused-ring (bicyclic) bond motifs is 2. The fourth-order valence-electron chi connectivity index (χ4n) is 4.75. The number of benzene rings is 1. The summed E-state index contributed by atoms with van der Waals surface area (Å²) < 4.78 is 37.9. The molecule has 0 aliphatic heterocycles. The van der Waals surface area contributed by atoms with Crippen molar-refractivity contribution in [3.8, 4) is 33.9 Å². The van der Waals surface area contributed by atoms with Crippen molar-refractivity contribution in [1.29, 1.82) is 0 Å². The third-order valence-electron chi connectivity index (χ3n) is 6.75. The Bertz CT molecular complexity index is 2000. The van der Waals surface area contributed by atoms with Crippen LogP contribution in [0.25, 0.3) is 56.0 Å². The standard InChI is InChI=1S/C29H27FN8O2S/c1-3-31-13-18-9-20(15-32-14-18)21-12-23-26(37-38-28(23)34-16-21)29-35-24-4-6-33-25(27(24)36-29)19-8-17(10-22(30)11-19)5-7-41(2,39)40/h4,6,8-12,14-16,31H,3,5,7,13H2,1-2H3,(H,35,36)(H,34,37,38). The number of imidazole rings is 1. The van der Waals surface area contributed by atoms with Crippen LogP contribution in [0.2, 0.25) is 0 Å². The number of hydrogen-bond acceptors (Lipinski definition) is 8. The first kappa shape index (κ1) is 26.7. The van der Waals surface area contributed by atoms with Gasteiger partial charge in [0.25, 0.3) is 0 Å². The molecule has 12 heteroatoms. The first-order chi connectivity index (χ1) is 19.8. The Morgan fingerprint density at radius 1 is 0.976 bits per heavy atom. The van der Waals surface area contributed by atoms with E-state index in [4.69, 9.17) is 4.98 Å². The van der Waals surface area contributed by atoms with Gasteiger partial charge in [-0.15, -0.1) is 0 Å². The molecule has 10 nitrogen and oxygen atoms in total. The quantitative estimate of drug-likeness (QED) is 0.231. The van der Waals surface area contributed by atoms with Crippen molar-refractivity contribution >= 4 is 31.9 Å². The second-order valence-electron chi connectivity index (χ2n) is 9.93. The summed E-state index contributed by atoms with van der Waals surface area (Å²) in [7, 11) is -3.19. The fraction of sp³-hybridized carbons (Fsp3) is 0.207. The summed E-state index contributed by atoms with van der Waals surface area (Å²) in [4.78, 5) is 21.6. The minimum atomic E-state index is -3.19. The van der Waals surface area contributed by atoms with Gasteiger partial charge >= 0.3 is 0 Å². The van der Waals surface area contributed by atoms with E-state index in [1.54, 1.807) is 30.7 Å². The Hall–Kier alpha value is -4.55. The maximum atomic E-state index is 14.6. The maximum Gasteiger partial charge on any atom is 0.181 e. The van der Waals surface area contributed by atoms with Crippen LogP contribution in [-0.4, -0.2) is 62.1 Å². The largest absolute Gasteiger partial charge is 0.337 e. The SMILES string of the molecule is CCNCc1cncc(-c2cnc3n[nH]c(-c4nc5c(-c6cc(F)cc(CCS(C)(=O)=O)c6)nccc5[nH]4)c3c2)c1. The number of H-pyrrole nitrogens is 2. The van der Waals surface area contributed by atoms with Gasteiger partial charge in [-0.3, -0.25) is 15.1 Å². The zero-order valence-corrected chi connectivity index (χ0v) is 23.3. The van der Waals surface area contributed by atoms with Crippen LogP contribution in [0.1, 0.15) is 18.1 Å². The highest BCUT2D eigenvalue weighted by Gasteiger charge is 2.18. The van der Waals surface area contributed by atoms with Crippen LogP contribution in [0, 0.1) is 5.82 Å². The molecule has 1 aromatic carbocycles. The van der Waals surface area contributed by atoms with Gasteiger partial charge in [0, 0.05) is 54.3 Å². The zero-order chi connectivity index (χ0) is 28.6. The molecule has 5 heterocycles. The second-order valence-corrected chi connectivity index (χ2v) is 12.2. The van der Waals surface area contributed by atoms with E-state index in [1.165, 1.54) is 12.1 Å². The minimum absolute atomic E-state index is 0.0705. The first-order valence-electron chi connectivity index (χ1n) is 13.1. The summed E-state index contributed by atoms with van der Waals surface area (Å²) in [6.45, 7) is 3.66. The van der Waals surface area contributed by atoms with Crippen molar-refractivity contribution < 1.29 is 12.8 Å². The summed E-state index contributed by atoms with van der Waals surface area (Å²) in [5.41, 5.74) is 6.93. The Morgan fingerprint density at radius 2 is 1.80 bits per heavy atom. The van der Waals surface area contributed by atoms with Gasteiger partial charge in [-0.1, -0.05) is 6.92 Å². The Labute approximate surface area is 235 Å². The Morgan fingerprint density at radius 3 is 2.63 bits per heavy atom. The summed E-state index contributed by atoms with van der Waals surface area (Å²) in [6.07, 6.45) is 8.41. The van der Waals surface area contributed by atoms with Crippen molar-refractivity contribution in [3.05, 3.63) is 78.1 Å². The van der Waals surface area contributed by atoms with Crippen molar-refractivity contribution in [2.24, 2.45) is 0 Å². The van der Waals surface area contributed by atoms with Crippen LogP contribution in [0.5, 0.6) is 0 Å². The molecule has 3 N–H and O–H groups in total. The highest BCUT2D eigenvalue weighted by molar-refractivity contribution is 7.90. The normalized spacial score (nSPS) is 12.0. The van der Waals surface area contributed by atoms with E-state index in [-0.39, 0.29) is 12.2 Å². The molecule has 6 rings (SSSR count). The lowest BCUT2D eigenvalue weighted by atomic mass is 10.0. The monoisotopic (exact) mass is 570 g/mol. The van der Waals surface area contributed by atoms with Crippen LogP contribution in [-0.2, 0) is 22.8 Å². The van der Waals surface area contributed by atoms with Crippen LogP contribution < -0.4 is 5.32 Å².